The Bertz CT molecular complexity index is 604. The van der Waals surface area contributed by atoms with Crippen LogP contribution in [0, 0.1) is 11.8 Å². The largest absolute Gasteiger partial charge is 0.294 e. The van der Waals surface area contributed by atoms with Gasteiger partial charge in [0.2, 0.25) is 0 Å². The van der Waals surface area contributed by atoms with E-state index in [0.717, 1.165) is 17.7 Å². The third-order valence-corrected chi connectivity index (χ3v) is 3.98. The van der Waals surface area contributed by atoms with Crippen molar-refractivity contribution in [2.45, 2.75) is 26.7 Å². The Hall–Kier alpha value is -2.22. The highest BCUT2D eigenvalue weighted by atomic mass is 16.1. The molecule has 2 aromatic rings. The fourth-order valence-electron chi connectivity index (χ4n) is 2.54. The molecule has 2 nitrogen and oxygen atoms in total. The molecule has 22 heavy (non-hydrogen) atoms. The Morgan fingerprint density at radius 1 is 1.05 bits per heavy atom. The molecule has 0 heterocycles. The van der Waals surface area contributed by atoms with E-state index >= 15 is 0 Å². The van der Waals surface area contributed by atoms with Crippen molar-refractivity contribution in [3.8, 4) is 0 Å². The zero-order valence-corrected chi connectivity index (χ0v) is 13.3. The summed E-state index contributed by atoms with van der Waals surface area (Å²) in [5.74, 6) is 0.803. The molecule has 0 N–H and O–H groups in total. The first-order valence-corrected chi connectivity index (χ1v) is 7.88. The van der Waals surface area contributed by atoms with Gasteiger partial charge < -0.3 is 0 Å². The van der Waals surface area contributed by atoms with E-state index in [0.29, 0.717) is 12.3 Å². The lowest BCUT2D eigenvalue weighted by Crippen LogP contribution is -2.16. The highest BCUT2D eigenvalue weighted by molar-refractivity contribution is 5.96. The van der Waals surface area contributed by atoms with Gasteiger partial charge in [-0.05, 0) is 30.4 Å². The van der Waals surface area contributed by atoms with Crippen LogP contribution in [0.5, 0.6) is 0 Å². The van der Waals surface area contributed by atoms with Crippen molar-refractivity contribution < 1.29 is 4.79 Å². The molecule has 1 unspecified atom stereocenters. The van der Waals surface area contributed by atoms with E-state index in [1.807, 2.05) is 66.9 Å². The van der Waals surface area contributed by atoms with Crippen LogP contribution < -0.4 is 0 Å². The van der Waals surface area contributed by atoms with Gasteiger partial charge >= 0.3 is 0 Å². The van der Waals surface area contributed by atoms with Crippen molar-refractivity contribution in [3.63, 3.8) is 0 Å². The minimum atomic E-state index is 0.208. The van der Waals surface area contributed by atoms with Gasteiger partial charge in [-0.1, -0.05) is 62.4 Å². The van der Waals surface area contributed by atoms with Crippen molar-refractivity contribution in [1.82, 2.24) is 0 Å². The molecule has 2 atom stereocenters. The van der Waals surface area contributed by atoms with Crippen molar-refractivity contribution in [1.29, 1.82) is 0 Å². The molecule has 0 saturated heterocycles. The maximum atomic E-state index is 12.3. The van der Waals surface area contributed by atoms with Gasteiger partial charge in [-0.25, -0.2) is 0 Å². The second kappa shape index (κ2) is 8.28. The second-order valence-electron chi connectivity index (χ2n) is 5.66. The summed E-state index contributed by atoms with van der Waals surface area (Å²) in [6, 6.07) is 19.4. The van der Waals surface area contributed by atoms with Crippen LogP contribution in [0.1, 0.15) is 37.0 Å². The Morgan fingerprint density at radius 2 is 1.64 bits per heavy atom. The highest BCUT2D eigenvalue weighted by Crippen LogP contribution is 2.21. The Kier molecular flexibility index (Phi) is 6.08. The fraction of sp³-hybridized carbons (Fsp3) is 0.300. The minimum absolute atomic E-state index is 0.208. The number of benzene rings is 2. The zero-order valence-electron chi connectivity index (χ0n) is 13.3. The van der Waals surface area contributed by atoms with Crippen molar-refractivity contribution in [2.24, 2.45) is 16.8 Å². The van der Waals surface area contributed by atoms with E-state index in [9.17, 15) is 4.79 Å². The quantitative estimate of drug-likeness (QED) is 0.501. The van der Waals surface area contributed by atoms with Gasteiger partial charge in [0.05, 0.1) is 5.69 Å². The summed E-state index contributed by atoms with van der Waals surface area (Å²) in [5.41, 5.74) is 1.76. The summed E-state index contributed by atoms with van der Waals surface area (Å²) < 4.78 is 0. The van der Waals surface area contributed by atoms with Crippen molar-refractivity contribution in [2.75, 3.05) is 0 Å². The Morgan fingerprint density at radius 3 is 2.23 bits per heavy atom. The molecule has 2 rings (SSSR count). The first-order chi connectivity index (χ1) is 10.7. The third-order valence-electron chi connectivity index (χ3n) is 3.98. The topological polar surface area (TPSA) is 29.4 Å². The number of rotatable bonds is 7. The first-order valence-electron chi connectivity index (χ1n) is 7.88. The van der Waals surface area contributed by atoms with Gasteiger partial charge in [0.1, 0.15) is 0 Å². The fourth-order valence-corrected chi connectivity index (χ4v) is 2.54. The number of ketones is 1. The number of hydrogen-bond donors (Lipinski definition) is 0. The lowest BCUT2D eigenvalue weighted by molar-refractivity contribution is 0.0957. The number of carbonyl (C=O) groups excluding carboxylic acids is 1. The predicted molar refractivity (Wildman–Crippen MR) is 92.9 cm³/mol. The molecule has 0 radical (unpaired) electrons. The molecule has 0 bridgehead atoms. The number of hydrogen-bond acceptors (Lipinski definition) is 2. The number of carbonyl (C=O) groups is 1. The molecule has 0 spiro atoms. The third kappa shape index (κ3) is 4.66. The average Bonchev–Trinajstić information content (AvgIpc) is 2.57. The van der Waals surface area contributed by atoms with E-state index in [2.05, 4.69) is 18.8 Å². The van der Waals surface area contributed by atoms with E-state index in [-0.39, 0.29) is 11.7 Å². The van der Waals surface area contributed by atoms with E-state index in [1.54, 1.807) is 0 Å². The Labute approximate surface area is 132 Å². The lowest BCUT2D eigenvalue weighted by Gasteiger charge is -2.18. The van der Waals surface area contributed by atoms with Crippen LogP contribution in [0.25, 0.3) is 0 Å². The maximum absolute atomic E-state index is 12.3. The van der Waals surface area contributed by atoms with Crippen molar-refractivity contribution >= 4 is 17.7 Å². The molecule has 0 fully saturated rings. The van der Waals surface area contributed by atoms with Gasteiger partial charge in [-0.15, -0.1) is 0 Å². The minimum Gasteiger partial charge on any atom is -0.294 e. The van der Waals surface area contributed by atoms with Gasteiger partial charge in [-0.3, -0.25) is 9.79 Å². The predicted octanol–water partition coefficient (Wildman–Crippen LogP) is 5.32. The summed E-state index contributed by atoms with van der Waals surface area (Å²) >= 11 is 0. The van der Waals surface area contributed by atoms with Gasteiger partial charge in [0, 0.05) is 18.2 Å². The van der Waals surface area contributed by atoms with Crippen LogP contribution >= 0.6 is 0 Å². The van der Waals surface area contributed by atoms with E-state index < -0.39 is 0 Å². The normalized spacial score (nSPS) is 13.9. The number of para-hydroxylation sites is 1. The lowest BCUT2D eigenvalue weighted by atomic mass is 9.87. The average molecular weight is 293 g/mol. The number of aliphatic imine (C=N–C) groups is 1. The maximum Gasteiger partial charge on any atom is 0.163 e. The summed E-state index contributed by atoms with van der Waals surface area (Å²) in [4.78, 5) is 16.8. The summed E-state index contributed by atoms with van der Waals surface area (Å²) in [6.45, 7) is 4.27. The number of Topliss-reactive ketones (excluding diaryl/α,β-unsaturated/α-hetero) is 1. The van der Waals surface area contributed by atoms with Crippen LogP contribution in [-0.2, 0) is 0 Å². The molecule has 0 aromatic heterocycles. The Balaban J connectivity index is 1.98. The van der Waals surface area contributed by atoms with E-state index in [1.165, 1.54) is 0 Å². The summed E-state index contributed by atoms with van der Waals surface area (Å²) in [7, 11) is 0. The van der Waals surface area contributed by atoms with Crippen LogP contribution in [-0.4, -0.2) is 12.0 Å². The highest BCUT2D eigenvalue weighted by Gasteiger charge is 2.18. The molecule has 0 saturated carbocycles. The van der Waals surface area contributed by atoms with Crippen LogP contribution in [0.15, 0.2) is 65.7 Å². The standard InChI is InChI=1S/C20H23NO/c1-3-17(15-21-19-12-8-5-9-13-19)16(2)14-20(22)18-10-6-4-7-11-18/h4-13,15-17H,3,14H2,1-2H3/t16-,17?/m1/s1. The molecule has 2 heteroatoms. The van der Waals surface area contributed by atoms with Crippen LogP contribution in [0.3, 0.4) is 0 Å². The molecular formula is C20H23NO. The molecule has 114 valence electrons. The molecule has 0 amide bonds. The number of nitrogens with zero attached hydrogens (tertiary/aromatic N) is 1. The van der Waals surface area contributed by atoms with Crippen LogP contribution in [0.2, 0.25) is 0 Å². The van der Waals surface area contributed by atoms with E-state index in [4.69, 9.17) is 0 Å². The molecule has 2 aromatic carbocycles. The second-order valence-corrected chi connectivity index (χ2v) is 5.66. The smallest absolute Gasteiger partial charge is 0.163 e. The van der Waals surface area contributed by atoms with Gasteiger partial charge in [-0.2, -0.15) is 0 Å². The summed E-state index contributed by atoms with van der Waals surface area (Å²) in [5, 5.41) is 0. The van der Waals surface area contributed by atoms with Crippen LogP contribution in [0.4, 0.5) is 5.69 Å². The van der Waals surface area contributed by atoms with Crippen molar-refractivity contribution in [3.05, 3.63) is 66.2 Å². The molecular weight excluding hydrogens is 270 g/mol. The van der Waals surface area contributed by atoms with Gasteiger partial charge in [0.15, 0.2) is 5.78 Å². The zero-order chi connectivity index (χ0) is 15.8. The van der Waals surface area contributed by atoms with Gasteiger partial charge in [0.25, 0.3) is 0 Å². The summed E-state index contributed by atoms with van der Waals surface area (Å²) in [6.07, 6.45) is 3.54. The monoisotopic (exact) mass is 293 g/mol. The molecule has 0 aliphatic heterocycles. The molecule has 0 aliphatic rings. The molecule has 0 aliphatic carbocycles. The first kappa shape index (κ1) is 16.2. The SMILES string of the molecule is CCC(C=Nc1ccccc1)[C@H](C)CC(=O)c1ccccc1.